The number of hydrogen-bond donors (Lipinski definition) is 1. The Bertz CT molecular complexity index is 473. The van der Waals surface area contributed by atoms with Crippen LogP contribution in [0, 0.1) is 0 Å². The largest absolute Gasteiger partial charge is 0.376 e. The standard InChI is InChI=1S/C11H10BrClN2S/c1-7(11-5-14-6-16-11)15-10-3-2-8(12)4-9(10)13/h2-7,15H,1H3. The molecule has 84 valence electrons. The van der Waals surface area contributed by atoms with Crippen LogP contribution >= 0.6 is 38.9 Å². The summed E-state index contributed by atoms with van der Waals surface area (Å²) >= 11 is 11.1. The molecule has 0 saturated carbocycles. The molecule has 0 aliphatic rings. The highest BCUT2D eigenvalue weighted by molar-refractivity contribution is 9.10. The smallest absolute Gasteiger partial charge is 0.0795 e. The third-order valence-electron chi connectivity index (χ3n) is 2.18. The summed E-state index contributed by atoms with van der Waals surface area (Å²) in [4.78, 5) is 5.25. The molecule has 1 atom stereocenters. The average molecular weight is 318 g/mol. The van der Waals surface area contributed by atoms with Gasteiger partial charge in [0, 0.05) is 15.5 Å². The first-order valence-corrected chi connectivity index (χ1v) is 6.82. The Kier molecular flexibility index (Phi) is 3.84. The maximum atomic E-state index is 6.13. The van der Waals surface area contributed by atoms with Crippen LogP contribution in [0.25, 0.3) is 0 Å². The van der Waals surface area contributed by atoms with E-state index in [9.17, 15) is 0 Å². The maximum Gasteiger partial charge on any atom is 0.0795 e. The van der Waals surface area contributed by atoms with Gasteiger partial charge in [0.2, 0.25) is 0 Å². The van der Waals surface area contributed by atoms with Gasteiger partial charge >= 0.3 is 0 Å². The molecular formula is C11H10BrClN2S. The number of halogens is 2. The van der Waals surface area contributed by atoms with Gasteiger partial charge in [-0.25, -0.2) is 0 Å². The lowest BCUT2D eigenvalue weighted by molar-refractivity contribution is 0.903. The monoisotopic (exact) mass is 316 g/mol. The fraction of sp³-hybridized carbons (Fsp3) is 0.182. The first kappa shape index (κ1) is 11.9. The van der Waals surface area contributed by atoms with Crippen molar-refractivity contribution in [3.8, 4) is 0 Å². The molecule has 16 heavy (non-hydrogen) atoms. The first-order chi connectivity index (χ1) is 7.66. The van der Waals surface area contributed by atoms with Gasteiger partial charge in [0.1, 0.15) is 0 Å². The van der Waals surface area contributed by atoms with Crippen LogP contribution in [0.5, 0.6) is 0 Å². The number of benzene rings is 1. The van der Waals surface area contributed by atoms with Gasteiger partial charge in [-0.2, -0.15) is 0 Å². The Morgan fingerprint density at radius 1 is 1.50 bits per heavy atom. The molecule has 2 aromatic rings. The van der Waals surface area contributed by atoms with Gasteiger partial charge in [0.25, 0.3) is 0 Å². The van der Waals surface area contributed by atoms with Crippen LogP contribution in [0.4, 0.5) is 5.69 Å². The van der Waals surface area contributed by atoms with E-state index < -0.39 is 0 Å². The molecule has 0 aliphatic heterocycles. The van der Waals surface area contributed by atoms with E-state index in [2.05, 4.69) is 33.2 Å². The number of thiazole rings is 1. The highest BCUT2D eigenvalue weighted by atomic mass is 79.9. The van der Waals surface area contributed by atoms with Crippen molar-refractivity contribution in [1.29, 1.82) is 0 Å². The van der Waals surface area contributed by atoms with E-state index >= 15 is 0 Å². The number of aromatic nitrogens is 1. The molecule has 0 amide bonds. The molecule has 0 bridgehead atoms. The molecule has 2 nitrogen and oxygen atoms in total. The van der Waals surface area contributed by atoms with Crippen molar-refractivity contribution in [3.63, 3.8) is 0 Å². The molecule has 0 fully saturated rings. The second-order valence-electron chi connectivity index (χ2n) is 3.39. The second kappa shape index (κ2) is 5.17. The molecule has 1 unspecified atom stereocenters. The van der Waals surface area contributed by atoms with Crippen LogP contribution in [0.1, 0.15) is 17.8 Å². The summed E-state index contributed by atoms with van der Waals surface area (Å²) in [6.45, 7) is 2.09. The summed E-state index contributed by atoms with van der Waals surface area (Å²) in [7, 11) is 0. The summed E-state index contributed by atoms with van der Waals surface area (Å²) in [5.74, 6) is 0. The van der Waals surface area contributed by atoms with Gasteiger partial charge in [0.05, 0.1) is 22.3 Å². The minimum Gasteiger partial charge on any atom is -0.376 e. The quantitative estimate of drug-likeness (QED) is 0.885. The minimum atomic E-state index is 0.214. The third-order valence-corrected chi connectivity index (χ3v) is 3.95. The van der Waals surface area contributed by atoms with Crippen LogP contribution in [0.2, 0.25) is 5.02 Å². The van der Waals surface area contributed by atoms with Crippen molar-refractivity contribution in [2.45, 2.75) is 13.0 Å². The van der Waals surface area contributed by atoms with E-state index in [-0.39, 0.29) is 6.04 Å². The molecule has 0 radical (unpaired) electrons. The molecule has 5 heteroatoms. The lowest BCUT2D eigenvalue weighted by Gasteiger charge is -2.14. The molecule has 0 saturated heterocycles. The molecule has 1 N–H and O–H groups in total. The molecule has 0 aliphatic carbocycles. The molecule has 2 rings (SSSR count). The second-order valence-corrected chi connectivity index (χ2v) is 5.63. The highest BCUT2D eigenvalue weighted by Crippen LogP contribution is 2.29. The highest BCUT2D eigenvalue weighted by Gasteiger charge is 2.08. The minimum absolute atomic E-state index is 0.214. The van der Waals surface area contributed by atoms with Crippen LogP contribution in [0.15, 0.2) is 34.4 Å². The van der Waals surface area contributed by atoms with E-state index in [1.807, 2.05) is 29.9 Å². The van der Waals surface area contributed by atoms with Gasteiger partial charge in [-0.05, 0) is 25.1 Å². The zero-order chi connectivity index (χ0) is 11.5. The van der Waals surface area contributed by atoms with Crippen molar-refractivity contribution in [1.82, 2.24) is 4.98 Å². The molecule has 0 spiro atoms. The van der Waals surface area contributed by atoms with E-state index in [4.69, 9.17) is 11.6 Å². The fourth-order valence-corrected chi connectivity index (χ4v) is 2.71. The topological polar surface area (TPSA) is 24.9 Å². The Balaban J connectivity index is 2.15. The van der Waals surface area contributed by atoms with Crippen molar-refractivity contribution in [2.24, 2.45) is 0 Å². The van der Waals surface area contributed by atoms with Crippen molar-refractivity contribution < 1.29 is 0 Å². The average Bonchev–Trinajstić information content (AvgIpc) is 2.75. The van der Waals surface area contributed by atoms with Gasteiger partial charge in [-0.3, -0.25) is 4.98 Å². The Morgan fingerprint density at radius 2 is 2.31 bits per heavy atom. The SMILES string of the molecule is CC(Nc1ccc(Br)cc1Cl)c1cncs1. The van der Waals surface area contributed by atoms with Crippen molar-refractivity contribution in [2.75, 3.05) is 5.32 Å². The summed E-state index contributed by atoms with van der Waals surface area (Å²) in [5.41, 5.74) is 2.77. The third kappa shape index (κ3) is 2.75. The summed E-state index contributed by atoms with van der Waals surface area (Å²) in [6.07, 6.45) is 1.87. The summed E-state index contributed by atoms with van der Waals surface area (Å²) in [6, 6.07) is 6.02. The predicted molar refractivity (Wildman–Crippen MR) is 73.3 cm³/mol. The number of hydrogen-bond acceptors (Lipinski definition) is 3. The lowest BCUT2D eigenvalue weighted by atomic mass is 10.2. The van der Waals surface area contributed by atoms with Gasteiger partial charge in [0.15, 0.2) is 0 Å². The number of nitrogens with zero attached hydrogens (tertiary/aromatic N) is 1. The van der Waals surface area contributed by atoms with E-state index in [0.29, 0.717) is 5.02 Å². The first-order valence-electron chi connectivity index (χ1n) is 4.77. The maximum absolute atomic E-state index is 6.13. The van der Waals surface area contributed by atoms with Crippen LogP contribution in [-0.2, 0) is 0 Å². The molecular weight excluding hydrogens is 308 g/mol. The fourth-order valence-electron chi connectivity index (χ4n) is 1.35. The van der Waals surface area contributed by atoms with Gasteiger partial charge < -0.3 is 5.32 Å². The van der Waals surface area contributed by atoms with Crippen molar-refractivity contribution in [3.05, 3.63) is 44.3 Å². The zero-order valence-corrected chi connectivity index (χ0v) is 11.7. The van der Waals surface area contributed by atoms with Crippen LogP contribution in [-0.4, -0.2) is 4.98 Å². The molecule has 1 heterocycles. The van der Waals surface area contributed by atoms with E-state index in [0.717, 1.165) is 10.2 Å². The van der Waals surface area contributed by atoms with Crippen LogP contribution in [0.3, 0.4) is 0 Å². The molecule has 1 aromatic heterocycles. The van der Waals surface area contributed by atoms with Gasteiger partial charge in [-0.1, -0.05) is 27.5 Å². The number of rotatable bonds is 3. The van der Waals surface area contributed by atoms with Crippen molar-refractivity contribution >= 4 is 44.6 Å². The summed E-state index contributed by atoms with van der Waals surface area (Å²) in [5, 5.41) is 4.07. The number of anilines is 1. The lowest BCUT2D eigenvalue weighted by Crippen LogP contribution is -2.05. The Labute approximate surface area is 112 Å². The number of nitrogens with one attached hydrogen (secondary N) is 1. The van der Waals surface area contributed by atoms with Gasteiger partial charge in [-0.15, -0.1) is 11.3 Å². The zero-order valence-electron chi connectivity index (χ0n) is 8.58. The van der Waals surface area contributed by atoms with E-state index in [1.54, 1.807) is 11.3 Å². The molecule has 1 aromatic carbocycles. The summed E-state index contributed by atoms with van der Waals surface area (Å²) < 4.78 is 0.980. The normalized spacial score (nSPS) is 12.4. The van der Waals surface area contributed by atoms with Crippen LogP contribution < -0.4 is 5.32 Å². The predicted octanol–water partition coefficient (Wildman–Crippen LogP) is 4.73. The van der Waals surface area contributed by atoms with E-state index in [1.165, 1.54) is 4.88 Å². The Hall–Kier alpha value is -0.580. The Morgan fingerprint density at radius 3 is 2.94 bits per heavy atom.